The average molecular weight is 591 g/mol. The van der Waals surface area contributed by atoms with Crippen molar-refractivity contribution in [1.82, 2.24) is 10.2 Å². The van der Waals surface area contributed by atoms with Crippen LogP contribution in [0.3, 0.4) is 0 Å². The van der Waals surface area contributed by atoms with Crippen LogP contribution in [0.2, 0.25) is 0 Å². The molecule has 2 aromatic carbocycles. The van der Waals surface area contributed by atoms with Crippen LogP contribution in [0, 0.1) is 20.2 Å². The lowest BCUT2D eigenvalue weighted by atomic mass is 10.1. The Morgan fingerprint density at radius 2 is 1.52 bits per heavy atom. The van der Waals surface area contributed by atoms with E-state index in [0.29, 0.717) is 21.1 Å². The Morgan fingerprint density at radius 3 is 2.05 bits per heavy atom. The number of hydrogen-bond donors (Lipinski definition) is 1. The summed E-state index contributed by atoms with van der Waals surface area (Å²) < 4.78 is 16.3. The number of non-ortho nitro benzene ring substituents is 2. The van der Waals surface area contributed by atoms with Crippen molar-refractivity contribution < 1.29 is 38.4 Å². The van der Waals surface area contributed by atoms with E-state index in [-0.39, 0.29) is 42.7 Å². The van der Waals surface area contributed by atoms with Crippen LogP contribution >= 0.6 is 23.5 Å². The third-order valence-electron chi connectivity index (χ3n) is 5.74. The van der Waals surface area contributed by atoms with E-state index in [9.17, 15) is 34.6 Å². The van der Waals surface area contributed by atoms with Crippen LogP contribution in [0.25, 0.3) is 0 Å². The van der Waals surface area contributed by atoms with Gasteiger partial charge in [0.05, 0.1) is 14.1 Å². The predicted molar refractivity (Wildman–Crippen MR) is 143 cm³/mol. The standard InChI is InChI=1S/C24H22N4O10S2/c1-36-19-20(29)26-18(22(30)37-12-14-2-6-16(7-3-14)27(32)33)23(40-21(19)26)39-11-10-25-24(31)38-13-15-4-8-17(9-5-15)28(34)35/h2-9,19,21H,10-13H2,1H3,(H,25,31)/t19-,21+/m0/s1. The smallest absolute Gasteiger partial charge is 0.407 e. The van der Waals surface area contributed by atoms with Gasteiger partial charge in [-0.3, -0.25) is 29.9 Å². The number of rotatable bonds is 12. The van der Waals surface area contributed by atoms with Gasteiger partial charge in [0, 0.05) is 43.7 Å². The van der Waals surface area contributed by atoms with E-state index in [2.05, 4.69) is 5.32 Å². The normalized spacial score (nSPS) is 17.6. The highest BCUT2D eigenvalue weighted by Gasteiger charge is 2.57. The Balaban J connectivity index is 1.30. The van der Waals surface area contributed by atoms with Crippen molar-refractivity contribution >= 4 is 52.9 Å². The monoisotopic (exact) mass is 590 g/mol. The minimum Gasteiger partial charge on any atom is -0.456 e. The SMILES string of the molecule is CO[C@H]1C(=O)N2C(C(=O)OCc3ccc([N+](=O)[O-])cc3)=C(SCCNC(=O)OCc3ccc([N+](=O)[O-])cc3)S[C@H]12. The number of hydrogen-bond acceptors (Lipinski definition) is 12. The predicted octanol–water partition coefficient (Wildman–Crippen LogP) is 3.31. The number of nitro groups is 2. The molecule has 0 radical (unpaired) electrons. The molecule has 2 atom stereocenters. The van der Waals surface area contributed by atoms with Crippen LogP contribution in [0.4, 0.5) is 16.2 Å². The molecule has 2 aromatic rings. The lowest BCUT2D eigenvalue weighted by Crippen LogP contribution is -2.61. The fraction of sp³-hybridized carbons (Fsp3) is 0.292. The third kappa shape index (κ3) is 6.52. The van der Waals surface area contributed by atoms with E-state index >= 15 is 0 Å². The molecule has 4 rings (SSSR count). The molecule has 0 aliphatic carbocycles. The largest absolute Gasteiger partial charge is 0.456 e. The first-order chi connectivity index (χ1) is 19.2. The first-order valence-corrected chi connectivity index (χ1v) is 13.5. The van der Waals surface area contributed by atoms with Crippen LogP contribution < -0.4 is 5.32 Å². The number of thioether (sulfide) groups is 2. The van der Waals surface area contributed by atoms with Gasteiger partial charge in [0.25, 0.3) is 17.3 Å². The van der Waals surface area contributed by atoms with Gasteiger partial charge in [-0.1, -0.05) is 11.8 Å². The summed E-state index contributed by atoms with van der Waals surface area (Å²) >= 11 is 2.54. The summed E-state index contributed by atoms with van der Waals surface area (Å²) in [6, 6.07) is 11.2. The number of β-lactam (4-membered cyclic amide) rings is 1. The number of esters is 1. The van der Waals surface area contributed by atoms with E-state index in [1.165, 1.54) is 84.1 Å². The molecular formula is C24H22N4O10S2. The highest BCUT2D eigenvalue weighted by atomic mass is 32.2. The van der Waals surface area contributed by atoms with Crippen LogP contribution in [0.15, 0.2) is 58.5 Å². The fourth-order valence-corrected chi connectivity index (χ4v) is 6.40. The number of amides is 2. The molecular weight excluding hydrogens is 568 g/mol. The van der Waals surface area contributed by atoms with Gasteiger partial charge < -0.3 is 19.5 Å². The maximum absolute atomic E-state index is 13.0. The van der Waals surface area contributed by atoms with E-state index in [1.54, 1.807) is 0 Å². The number of ether oxygens (including phenoxy) is 3. The van der Waals surface area contributed by atoms with Crippen LogP contribution in [-0.4, -0.2) is 63.6 Å². The molecule has 0 saturated carbocycles. The zero-order chi connectivity index (χ0) is 28.8. The summed E-state index contributed by atoms with van der Waals surface area (Å²) in [7, 11) is 1.41. The first kappa shape index (κ1) is 28.8. The lowest BCUT2D eigenvalue weighted by Gasteiger charge is -2.41. The number of nitro benzene ring substituents is 2. The van der Waals surface area contributed by atoms with Crippen LogP contribution in [-0.2, 0) is 37.0 Å². The summed E-state index contributed by atoms with van der Waals surface area (Å²) in [5.74, 6) is -0.749. The Labute approximate surface area is 235 Å². The summed E-state index contributed by atoms with van der Waals surface area (Å²) in [6.07, 6.45) is -1.39. The highest BCUT2D eigenvalue weighted by molar-refractivity contribution is 8.22. The molecule has 2 aliphatic rings. The van der Waals surface area contributed by atoms with Gasteiger partial charge in [0.15, 0.2) is 11.8 Å². The van der Waals surface area contributed by atoms with Gasteiger partial charge in [0.1, 0.15) is 18.6 Å². The van der Waals surface area contributed by atoms with Crippen molar-refractivity contribution in [2.75, 3.05) is 19.4 Å². The molecule has 1 saturated heterocycles. The lowest BCUT2D eigenvalue weighted by molar-refractivity contribution is -0.385. The molecule has 2 aliphatic heterocycles. The van der Waals surface area contributed by atoms with Gasteiger partial charge in [-0.25, -0.2) is 9.59 Å². The summed E-state index contributed by atoms with van der Waals surface area (Å²) in [5, 5.41) is 23.7. The third-order valence-corrected chi connectivity index (χ3v) is 8.36. The number of fused-ring (bicyclic) bond motifs is 1. The number of alkyl carbamates (subject to hydrolysis) is 1. The van der Waals surface area contributed by atoms with Crippen molar-refractivity contribution in [1.29, 1.82) is 0 Å². The second-order valence-electron chi connectivity index (χ2n) is 8.28. The number of nitrogens with zero attached hydrogens (tertiary/aromatic N) is 3. The Morgan fingerprint density at radius 1 is 0.975 bits per heavy atom. The number of carbonyl (C=O) groups is 3. The second-order valence-corrected chi connectivity index (χ2v) is 10.8. The van der Waals surface area contributed by atoms with Crippen LogP contribution in [0.1, 0.15) is 11.1 Å². The highest BCUT2D eigenvalue weighted by Crippen LogP contribution is 2.51. The number of nitrogens with one attached hydrogen (secondary N) is 1. The van der Waals surface area contributed by atoms with E-state index in [1.807, 2.05) is 0 Å². The number of benzene rings is 2. The minimum absolute atomic E-state index is 0.0674. The van der Waals surface area contributed by atoms with Crippen molar-refractivity contribution in [3.63, 3.8) is 0 Å². The molecule has 0 unspecified atom stereocenters. The molecule has 2 heterocycles. The summed E-state index contributed by atoms with van der Waals surface area (Å²) in [5.41, 5.74) is 1.05. The Bertz CT molecular complexity index is 1350. The van der Waals surface area contributed by atoms with E-state index in [0.717, 1.165) is 0 Å². The summed E-state index contributed by atoms with van der Waals surface area (Å²) in [4.78, 5) is 59.4. The molecule has 210 valence electrons. The van der Waals surface area contributed by atoms with Gasteiger partial charge in [0.2, 0.25) is 0 Å². The maximum Gasteiger partial charge on any atom is 0.407 e. The van der Waals surface area contributed by atoms with Gasteiger partial charge in [-0.05, 0) is 35.4 Å². The molecule has 0 aromatic heterocycles. The van der Waals surface area contributed by atoms with Gasteiger partial charge in [-0.15, -0.1) is 11.8 Å². The molecule has 40 heavy (non-hydrogen) atoms. The number of carbonyl (C=O) groups excluding carboxylic acids is 3. The zero-order valence-electron chi connectivity index (χ0n) is 20.8. The average Bonchev–Trinajstić information content (AvgIpc) is 3.28. The molecule has 0 spiro atoms. The first-order valence-electron chi connectivity index (χ1n) is 11.6. The molecule has 16 heteroatoms. The van der Waals surface area contributed by atoms with Crippen molar-refractivity contribution in [3.05, 3.63) is 89.8 Å². The summed E-state index contributed by atoms with van der Waals surface area (Å²) in [6.45, 7) is -0.0311. The molecule has 1 fully saturated rings. The topological polar surface area (TPSA) is 180 Å². The molecule has 1 N–H and O–H groups in total. The minimum atomic E-state index is -0.728. The number of methoxy groups -OCH3 is 1. The second kappa shape index (κ2) is 12.8. The van der Waals surface area contributed by atoms with Gasteiger partial charge in [-0.2, -0.15) is 0 Å². The molecule has 14 nitrogen and oxygen atoms in total. The Kier molecular flexibility index (Phi) is 9.23. The van der Waals surface area contributed by atoms with E-state index < -0.39 is 33.4 Å². The molecule has 2 amide bonds. The quantitative estimate of drug-likeness (QED) is 0.125. The van der Waals surface area contributed by atoms with Crippen molar-refractivity contribution in [3.8, 4) is 0 Å². The van der Waals surface area contributed by atoms with Gasteiger partial charge >= 0.3 is 12.1 Å². The fourth-order valence-electron chi connectivity index (χ4n) is 3.70. The zero-order valence-corrected chi connectivity index (χ0v) is 22.5. The van der Waals surface area contributed by atoms with Crippen molar-refractivity contribution in [2.45, 2.75) is 24.7 Å². The van der Waals surface area contributed by atoms with E-state index in [4.69, 9.17) is 14.2 Å². The van der Waals surface area contributed by atoms with Crippen molar-refractivity contribution in [2.24, 2.45) is 0 Å². The Hall–Kier alpha value is -4.15. The molecule has 0 bridgehead atoms. The van der Waals surface area contributed by atoms with Crippen LogP contribution in [0.5, 0.6) is 0 Å². The maximum atomic E-state index is 13.0.